The van der Waals surface area contributed by atoms with Gasteiger partial charge in [-0.05, 0) is 87.7 Å². The SMILES string of the molecule is Bc1c(B)c(B)c(N(/C(=C/C=C(\C=C)C(C)(C)C)c2ccccc2)c2ccc3c4cc5c(cc4n4c6ccccc6c2c34)c2ccc(N(c3ccc(C(C)(C)C)cc3-c3ccccc3)c3c(B)c(B)c(B)c(B)c3B)c3c4ccccc4n5c23)c(B)c1B. The van der Waals surface area contributed by atoms with E-state index in [0.717, 1.165) is 16.9 Å². The highest BCUT2D eigenvalue weighted by Crippen LogP contribution is 2.52. The fourth-order valence-corrected chi connectivity index (χ4v) is 15.0. The fourth-order valence-electron chi connectivity index (χ4n) is 15.0. The van der Waals surface area contributed by atoms with Crippen LogP contribution >= 0.6 is 0 Å². The zero-order valence-corrected chi connectivity index (χ0v) is 54.3. The van der Waals surface area contributed by atoms with Gasteiger partial charge in [0.15, 0.2) is 0 Å². The highest BCUT2D eigenvalue weighted by molar-refractivity contribution is 6.70. The third-order valence-corrected chi connectivity index (χ3v) is 20.6. The van der Waals surface area contributed by atoms with Crippen LogP contribution in [0.25, 0.3) is 93.0 Å². The van der Waals surface area contributed by atoms with Gasteiger partial charge in [0, 0.05) is 60.0 Å². The summed E-state index contributed by atoms with van der Waals surface area (Å²) in [6.07, 6.45) is 6.66. The maximum absolute atomic E-state index is 4.32. The van der Waals surface area contributed by atoms with Crippen molar-refractivity contribution in [3.8, 4) is 11.1 Å². The maximum atomic E-state index is 4.32. The van der Waals surface area contributed by atoms with E-state index in [1.54, 1.807) is 0 Å². The number of rotatable bonds is 10. The molecule has 416 valence electrons. The lowest BCUT2D eigenvalue weighted by molar-refractivity contribution is 0.517. The number of allylic oxidation sites excluding steroid dienone is 4. The molecule has 0 atom stereocenters. The summed E-state index contributed by atoms with van der Waals surface area (Å²) in [4.78, 5) is 5.24. The summed E-state index contributed by atoms with van der Waals surface area (Å²) in [6, 6.07) is 62.2. The lowest BCUT2D eigenvalue weighted by atomic mass is 9.61. The summed E-state index contributed by atoms with van der Waals surface area (Å²) in [5, 5.41) is 9.93. The van der Waals surface area contributed by atoms with Crippen LogP contribution in [0.1, 0.15) is 52.7 Å². The van der Waals surface area contributed by atoms with Crippen LogP contribution in [-0.4, -0.2) is 87.3 Å². The molecule has 0 aliphatic rings. The highest BCUT2D eigenvalue weighted by atomic mass is 15.2. The molecule has 0 aliphatic heterocycles. The lowest BCUT2D eigenvalue weighted by Gasteiger charge is -2.35. The number of para-hydroxylation sites is 2. The monoisotopic (exact) mass is 1120 g/mol. The summed E-state index contributed by atoms with van der Waals surface area (Å²) in [5.74, 6) is 0. The van der Waals surface area contributed by atoms with E-state index in [9.17, 15) is 0 Å². The molecule has 4 aromatic heterocycles. The topological polar surface area (TPSA) is 15.3 Å². The molecule has 4 nitrogen and oxygen atoms in total. The largest absolute Gasteiger partial charge is 0.310 e. The minimum Gasteiger partial charge on any atom is -0.310 e. The smallest absolute Gasteiger partial charge is 0.141 e. The number of benzene rings is 10. The van der Waals surface area contributed by atoms with E-state index in [0.29, 0.717) is 0 Å². The van der Waals surface area contributed by atoms with E-state index in [1.165, 1.54) is 176 Å². The second-order valence-electron chi connectivity index (χ2n) is 27.3. The van der Waals surface area contributed by atoms with Crippen molar-refractivity contribution < 1.29 is 0 Å². The van der Waals surface area contributed by atoms with Gasteiger partial charge in [-0.1, -0.05) is 219 Å². The summed E-state index contributed by atoms with van der Waals surface area (Å²) in [6.45, 7) is 18.1. The number of nitrogens with zero attached hydrogens (tertiary/aromatic N) is 4. The Balaban J connectivity index is 1.09. The van der Waals surface area contributed by atoms with Gasteiger partial charge in [-0.2, -0.15) is 0 Å². The molecule has 0 spiro atoms. The lowest BCUT2D eigenvalue weighted by Crippen LogP contribution is -2.56. The average Bonchev–Trinajstić information content (AvgIpc) is 1.52. The van der Waals surface area contributed by atoms with Gasteiger partial charge in [-0.15, -0.1) is 10.9 Å². The van der Waals surface area contributed by atoms with Gasteiger partial charge in [-0.3, -0.25) is 0 Å². The number of aromatic nitrogens is 2. The van der Waals surface area contributed by atoms with Crippen molar-refractivity contribution >= 4 is 243 Å². The van der Waals surface area contributed by atoms with E-state index >= 15 is 0 Å². The summed E-state index contributed by atoms with van der Waals surface area (Å²) in [5.41, 5.74) is 33.4. The first-order valence-electron chi connectivity index (χ1n) is 31.5. The zero-order chi connectivity index (χ0) is 61.7. The molecule has 0 unspecified atom stereocenters. The van der Waals surface area contributed by atoms with Crippen LogP contribution in [0, 0.1) is 5.41 Å². The average molecular weight is 1120 g/mol. The Morgan fingerprint density at radius 1 is 0.409 bits per heavy atom. The Morgan fingerprint density at radius 2 is 0.852 bits per heavy atom. The molecule has 0 N–H and O–H groups in total. The van der Waals surface area contributed by atoms with Crippen molar-refractivity contribution in [1.82, 2.24) is 8.80 Å². The molecule has 4 heterocycles. The van der Waals surface area contributed by atoms with Gasteiger partial charge in [0.05, 0.1) is 55.9 Å². The van der Waals surface area contributed by atoms with Crippen LogP contribution in [0.5, 0.6) is 0 Å². The second-order valence-corrected chi connectivity index (χ2v) is 27.3. The molecule has 14 heteroatoms. The van der Waals surface area contributed by atoms with Crippen molar-refractivity contribution in [1.29, 1.82) is 0 Å². The van der Waals surface area contributed by atoms with Crippen LogP contribution in [0.15, 0.2) is 194 Å². The number of hydrogen-bond acceptors (Lipinski definition) is 2. The Labute approximate surface area is 527 Å². The molecule has 14 aromatic rings. The molecule has 0 radical (unpaired) electrons. The van der Waals surface area contributed by atoms with E-state index in [-0.39, 0.29) is 10.8 Å². The predicted molar refractivity (Wildman–Crippen MR) is 417 cm³/mol. The third kappa shape index (κ3) is 8.40. The minimum atomic E-state index is -0.105. The molecule has 0 fully saturated rings. The van der Waals surface area contributed by atoms with E-state index in [1.807, 2.05) is 6.08 Å². The minimum absolute atomic E-state index is 0.0497. The highest BCUT2D eigenvalue weighted by Gasteiger charge is 2.32. The Hall–Kier alpha value is -8.73. The molecule has 88 heavy (non-hydrogen) atoms. The van der Waals surface area contributed by atoms with Gasteiger partial charge < -0.3 is 18.6 Å². The van der Waals surface area contributed by atoms with E-state index < -0.39 is 0 Å². The fraction of sp³-hybridized carbons (Fsp3) is 0.108. The first kappa shape index (κ1) is 57.0. The summed E-state index contributed by atoms with van der Waals surface area (Å²) in [7, 11) is 23.1. The van der Waals surface area contributed by atoms with Crippen molar-refractivity contribution in [2.45, 2.75) is 47.0 Å². The molecule has 14 rings (SSSR count). The summed E-state index contributed by atoms with van der Waals surface area (Å²) >= 11 is 0. The summed E-state index contributed by atoms with van der Waals surface area (Å²) < 4.78 is 5.18. The standard InChI is InChI=1S/C74H70B10N4/c1-8-40(73(2,3)4)27-31-49(39-21-13-10-14-22-39)85(71-65(81)61(77)59(75)62(78)66(71)82)53-33-29-42-47-36-56-48(37-55(47)87-50-25-17-15-23-44(50)57(53)69(42)87)43-30-34-54(58-45-24-16-18-26-51(45)88(56)70(43)58)86(72-67(83)63(79)60(76)64(80)68(72)84)52-32-28-41(74(5,6)7)35-46(52)38-19-11-9-12-20-38/h8-37H,1,75-84H2,2-7H3/b40-27+,49-31+. The van der Waals surface area contributed by atoms with Gasteiger partial charge in [0.25, 0.3) is 0 Å². The Kier molecular flexibility index (Phi) is 13.4. The zero-order valence-electron chi connectivity index (χ0n) is 54.3. The van der Waals surface area contributed by atoms with Crippen molar-refractivity contribution in [2.24, 2.45) is 5.41 Å². The van der Waals surface area contributed by atoms with Gasteiger partial charge in [0.1, 0.15) is 78.5 Å². The Morgan fingerprint density at radius 3 is 1.35 bits per heavy atom. The number of anilines is 5. The normalized spacial score (nSPS) is 12.8. The van der Waals surface area contributed by atoms with E-state index in [2.05, 4.69) is 321 Å². The first-order chi connectivity index (χ1) is 42.1. The van der Waals surface area contributed by atoms with Crippen LogP contribution < -0.4 is 64.4 Å². The van der Waals surface area contributed by atoms with Crippen molar-refractivity contribution in [3.05, 3.63) is 205 Å². The van der Waals surface area contributed by atoms with Crippen LogP contribution in [0.2, 0.25) is 0 Å². The van der Waals surface area contributed by atoms with Crippen LogP contribution in [0.4, 0.5) is 28.4 Å². The van der Waals surface area contributed by atoms with Crippen molar-refractivity contribution in [2.75, 3.05) is 9.80 Å². The quantitative estimate of drug-likeness (QED) is 0.155. The molecule has 0 saturated carbocycles. The predicted octanol–water partition coefficient (Wildman–Crippen LogP) is 3.34. The molecular weight excluding hydrogens is 1050 g/mol. The molecule has 0 amide bonds. The van der Waals surface area contributed by atoms with E-state index in [4.69, 9.17) is 0 Å². The third-order valence-electron chi connectivity index (χ3n) is 20.6. The van der Waals surface area contributed by atoms with Crippen LogP contribution in [0.3, 0.4) is 0 Å². The van der Waals surface area contributed by atoms with Crippen molar-refractivity contribution in [3.63, 3.8) is 0 Å². The molecule has 0 bridgehead atoms. The number of hydrogen-bond donors (Lipinski definition) is 0. The van der Waals surface area contributed by atoms with Gasteiger partial charge >= 0.3 is 0 Å². The van der Waals surface area contributed by atoms with Crippen LogP contribution in [-0.2, 0) is 5.41 Å². The molecule has 0 aliphatic carbocycles. The number of fused-ring (bicyclic) bond motifs is 12. The van der Waals surface area contributed by atoms with Gasteiger partial charge in [-0.25, -0.2) is 0 Å². The molecule has 10 aromatic carbocycles. The Bertz CT molecular complexity index is 5260. The molecule has 0 saturated heterocycles. The first-order valence-corrected chi connectivity index (χ1v) is 31.5. The second kappa shape index (κ2) is 20.7. The maximum Gasteiger partial charge on any atom is 0.141 e. The molecular formula is C74H70B10N4. The van der Waals surface area contributed by atoms with Gasteiger partial charge in [0.2, 0.25) is 0 Å².